The molecule has 12 aromatic rings. The smallest absolute Gasteiger partial charge is 0.501 e. The molecule has 12 rings (SSSR count). The van der Waals surface area contributed by atoms with Gasteiger partial charge >= 0.3 is 15.6 Å². The fourth-order valence-electron chi connectivity index (χ4n) is 7.55. The normalized spacial score (nSPS) is 12.4. The van der Waals surface area contributed by atoms with E-state index in [4.69, 9.17) is 43.4 Å². The Bertz CT molecular complexity index is 4510. The van der Waals surface area contributed by atoms with Crippen LogP contribution in [0.2, 0.25) is 0 Å². The molecule has 0 unspecified atom stereocenters. The van der Waals surface area contributed by atoms with E-state index in [9.17, 15) is 21.6 Å². The number of rotatable bonds is 5. The number of aliphatic hydroxyl groups is 1. The largest absolute Gasteiger partial charge is 0.525 e. The van der Waals surface area contributed by atoms with Gasteiger partial charge in [-0.1, -0.05) is 64.0 Å². The molecule has 0 saturated carbocycles. The van der Waals surface area contributed by atoms with Gasteiger partial charge in [0.05, 0.1) is 40.0 Å². The number of hydrogen-bond donors (Lipinski definition) is 2. The molecule has 6 aromatic carbocycles. The van der Waals surface area contributed by atoms with Crippen LogP contribution in [0.4, 0.5) is 13.2 Å². The van der Waals surface area contributed by atoms with Gasteiger partial charge in [-0.25, -0.2) is 5.26 Å². The number of nitriles is 2. The summed E-state index contributed by atoms with van der Waals surface area (Å²) < 4.78 is 142. The summed E-state index contributed by atoms with van der Waals surface area (Å²) in [6.45, 7) is -0.969. The van der Waals surface area contributed by atoms with Crippen molar-refractivity contribution < 1.29 is 99.0 Å². The van der Waals surface area contributed by atoms with E-state index >= 15 is 0 Å². The molecule has 0 aliphatic rings. The Hall–Kier alpha value is -8.58. The van der Waals surface area contributed by atoms with Crippen molar-refractivity contribution in [1.82, 2.24) is 19.9 Å². The second-order valence-corrected chi connectivity index (χ2v) is 18.1. The van der Waals surface area contributed by atoms with Gasteiger partial charge in [0.15, 0.2) is 0 Å². The van der Waals surface area contributed by atoms with Crippen LogP contribution < -0.4 is 0 Å². The standard InChI is InChI=1S/C19H12N2O.C19H11N2O.2C12H10N.CHF3O4S.CH4O.CH3.2Ir/c2*1-12-7-8-21-17(9-12)16-4-2-3-15-14-6-5-13(11-20)10-18(14)22-19(15)16;2*1-10-7-8-13-12(9-10)11-5-3-2-4-6-11;2-1(3,4)9(6,7)8-5;1-2;;;/h2-10H,1H3;2-3,5-10H,1H3;2*2-5,7-9H,1H3;5H;2H,1H3;1H3;;/q;3*-1;;;-1;;/i2*1D3,7D;2*7D;;;;;. The van der Waals surface area contributed by atoms with E-state index in [0.717, 1.165) is 62.3 Å². The molecule has 84 heavy (non-hydrogen) atoms. The van der Waals surface area contributed by atoms with Crippen LogP contribution in [-0.2, 0) is 54.7 Å². The molecule has 0 saturated heterocycles. The number of nitrogens with zero attached hydrogens (tertiary/aromatic N) is 6. The number of alkyl halides is 3. The van der Waals surface area contributed by atoms with Crippen LogP contribution in [0.1, 0.15) is 47.1 Å². The van der Waals surface area contributed by atoms with Crippen molar-refractivity contribution in [2.24, 2.45) is 0 Å². The predicted molar refractivity (Wildman–Crippen MR) is 311 cm³/mol. The topological polar surface area (TPSA) is 209 Å². The first-order valence-corrected chi connectivity index (χ1v) is 25.0. The maximum absolute atomic E-state index is 11.0. The number of hydrogen-bond acceptors (Lipinski definition) is 13. The third-order valence-corrected chi connectivity index (χ3v) is 11.9. The Kier molecular flexibility index (Phi) is 20.2. The van der Waals surface area contributed by atoms with E-state index in [0.29, 0.717) is 68.1 Å². The zero-order chi connectivity index (χ0) is 66.6. The van der Waals surface area contributed by atoms with Gasteiger partial charge in [0, 0.05) is 102 Å². The minimum atomic E-state index is -5.78. The molecule has 0 bridgehead atoms. The first-order valence-electron chi connectivity index (χ1n) is 28.6. The summed E-state index contributed by atoms with van der Waals surface area (Å²) in [4.78, 5) is 16.8. The van der Waals surface area contributed by atoms with Crippen molar-refractivity contribution in [2.45, 2.75) is 33.1 Å². The van der Waals surface area contributed by atoms with Crippen LogP contribution in [0, 0.1) is 75.8 Å². The Morgan fingerprint density at radius 3 is 1.48 bits per heavy atom. The number of halogens is 3. The maximum Gasteiger partial charge on any atom is 0.525 e. The molecule has 0 spiro atoms. The van der Waals surface area contributed by atoms with E-state index in [1.165, 1.54) is 24.5 Å². The molecule has 0 aliphatic carbocycles. The summed E-state index contributed by atoms with van der Waals surface area (Å²) in [6.07, 6.45) is 5.61. The summed E-state index contributed by atoms with van der Waals surface area (Å²) in [6, 6.07) is 55.7. The summed E-state index contributed by atoms with van der Waals surface area (Å²) >= 11 is 0. The van der Waals surface area contributed by atoms with Gasteiger partial charge in [0.2, 0.25) is 0 Å². The Labute approximate surface area is 525 Å². The molecule has 0 amide bonds. The molecule has 0 atom stereocenters. The maximum atomic E-state index is 11.0. The number of benzene rings is 6. The second kappa shape index (κ2) is 31.7. The van der Waals surface area contributed by atoms with Crippen molar-refractivity contribution >= 4 is 54.0 Å². The Morgan fingerprint density at radius 2 is 1.02 bits per heavy atom. The van der Waals surface area contributed by atoms with Crippen molar-refractivity contribution in [2.75, 3.05) is 7.11 Å². The quantitative estimate of drug-likeness (QED) is 0.0712. The number of para-hydroxylation sites is 1. The molecule has 2 radical (unpaired) electrons. The van der Waals surface area contributed by atoms with Crippen molar-refractivity contribution in [3.8, 4) is 57.2 Å². The summed E-state index contributed by atoms with van der Waals surface area (Å²) in [5, 5.41) is 35.6. The number of aryl methyl sites for hydroxylation is 4. The minimum absolute atomic E-state index is 0. The first kappa shape index (κ1) is 53.4. The van der Waals surface area contributed by atoms with E-state index in [1.807, 2.05) is 105 Å². The first-order chi connectivity index (χ1) is 43.1. The fraction of sp³-hybridized carbons (Fsp3) is 0.0923. The number of pyridine rings is 4. The van der Waals surface area contributed by atoms with E-state index in [1.54, 1.807) is 48.8 Å². The van der Waals surface area contributed by atoms with E-state index < -0.39 is 29.3 Å². The van der Waals surface area contributed by atoms with E-state index in [-0.39, 0.29) is 70.8 Å². The Balaban J connectivity index is 0.000000259. The van der Waals surface area contributed by atoms with Crippen molar-refractivity contribution in [1.29, 1.82) is 10.5 Å². The molecular weight excluding hydrogens is 1450 g/mol. The Morgan fingerprint density at radius 1 is 0.571 bits per heavy atom. The number of furan rings is 2. The zero-order valence-electron chi connectivity index (χ0n) is 54.4. The molecule has 432 valence electrons. The van der Waals surface area contributed by atoms with Crippen LogP contribution in [0.25, 0.3) is 88.9 Å². The SMILES string of the molecule is CO.O=S(=O)(OO)C(F)(F)F.[2H]c1cnc(-c2[c-]ccc3c2oc2cc(C#N)ccc23)cc1C([2H])([2H])[2H].[2H]c1cnc(-c2[c-]cccc2)cc1C.[2H]c1cnc(-c2[c-]cccc2)cc1C.[2H]c1cnc(-c2cccc3c2oc2cc(C#N)ccc23)cc1C([2H])([2H])[2H].[CH3-].[Ir].[Ir]. The van der Waals surface area contributed by atoms with Gasteiger partial charge in [0.1, 0.15) is 16.7 Å². The van der Waals surface area contributed by atoms with Crippen LogP contribution in [0.3, 0.4) is 0 Å². The van der Waals surface area contributed by atoms with E-state index in [2.05, 4.69) is 54.6 Å². The third-order valence-electron chi connectivity index (χ3n) is 11.2. The number of aliphatic hydroxyl groups excluding tert-OH is 1. The van der Waals surface area contributed by atoms with Gasteiger partial charge in [-0.3, -0.25) is 4.98 Å². The van der Waals surface area contributed by atoms with Gasteiger partial charge < -0.3 is 36.3 Å². The van der Waals surface area contributed by atoms with Gasteiger partial charge in [-0.15, -0.1) is 94.3 Å². The van der Waals surface area contributed by atoms with Crippen LogP contribution in [0.5, 0.6) is 0 Å². The summed E-state index contributed by atoms with van der Waals surface area (Å²) in [5.41, 5.74) is 5.05. The van der Waals surface area contributed by atoms with Gasteiger partial charge in [-0.2, -0.15) is 32.1 Å². The zero-order valence-corrected chi connectivity index (χ0v) is 50.0. The number of fused-ring (bicyclic) bond motifs is 6. The molecular formula is C65H51F3Ir2N6O7S-4. The molecule has 19 heteroatoms. The van der Waals surface area contributed by atoms with Gasteiger partial charge in [0.25, 0.3) is 0 Å². The fourth-order valence-corrected chi connectivity index (χ4v) is 7.63. The van der Waals surface area contributed by atoms with Crippen LogP contribution in [0.15, 0.2) is 197 Å². The van der Waals surface area contributed by atoms with Crippen molar-refractivity contribution in [3.63, 3.8) is 0 Å². The summed E-state index contributed by atoms with van der Waals surface area (Å²) in [5.74, 6) is 0. The number of aromatic nitrogens is 4. The average Bonchev–Trinajstić information content (AvgIpc) is 1.59. The van der Waals surface area contributed by atoms with Crippen molar-refractivity contribution in [3.05, 3.63) is 247 Å². The minimum Gasteiger partial charge on any atom is -0.501 e. The second-order valence-electron chi connectivity index (χ2n) is 16.6. The molecule has 13 nitrogen and oxygen atoms in total. The molecule has 6 aromatic heterocycles. The molecule has 2 N–H and O–H groups in total. The average molecular weight is 1510 g/mol. The molecule has 0 fully saturated rings. The van der Waals surface area contributed by atoms with Crippen LogP contribution >= 0.6 is 0 Å². The molecule has 0 aliphatic heterocycles. The van der Waals surface area contributed by atoms with Gasteiger partial charge in [-0.05, 0) is 117 Å². The third kappa shape index (κ3) is 17.2. The van der Waals surface area contributed by atoms with Crippen LogP contribution in [-0.4, -0.2) is 51.3 Å². The predicted octanol–water partition coefficient (Wildman–Crippen LogP) is 15.6. The summed E-state index contributed by atoms with van der Waals surface area (Å²) in [7, 11) is -4.78. The monoisotopic (exact) mass is 1510 g/mol. The molecule has 6 heterocycles.